The van der Waals surface area contributed by atoms with Gasteiger partial charge in [-0.3, -0.25) is 0 Å². The van der Waals surface area contributed by atoms with Crippen molar-refractivity contribution in [2.75, 3.05) is 14.2 Å². The Kier molecular flexibility index (Phi) is 15.6. The summed E-state index contributed by atoms with van der Waals surface area (Å²) in [5.41, 5.74) is -0.412. The van der Waals surface area contributed by atoms with Crippen molar-refractivity contribution in [3.8, 4) is 0 Å². The molecule has 0 aliphatic carbocycles. The van der Waals surface area contributed by atoms with Crippen LogP contribution in [0.4, 0.5) is 0 Å². The van der Waals surface area contributed by atoms with Gasteiger partial charge in [0.05, 0.1) is 19.8 Å². The second-order valence-electron chi connectivity index (χ2n) is 1.65. The van der Waals surface area contributed by atoms with Crippen molar-refractivity contribution < 1.29 is 78.2 Å². The fourth-order valence-electron chi connectivity index (χ4n) is 0.454. The minimum atomic E-state index is -0.873. The number of rotatable bonds is 2. The quantitative estimate of drug-likeness (QED) is 0.122. The van der Waals surface area contributed by atoms with Crippen molar-refractivity contribution in [2.24, 2.45) is 0 Å². The van der Waals surface area contributed by atoms with Crippen LogP contribution in [0.1, 0.15) is 0 Å². The van der Waals surface area contributed by atoms with E-state index < -0.39 is 17.5 Å². The summed E-state index contributed by atoms with van der Waals surface area (Å²) in [4.78, 5) is 21.7. The maximum atomic E-state index is 10.8. The summed E-state index contributed by atoms with van der Waals surface area (Å²) in [6, 6.07) is 0. The summed E-state index contributed by atoms with van der Waals surface area (Å²) in [5, 5.41) is 0. The van der Waals surface area contributed by atoms with Crippen LogP contribution < -0.4 is 59.1 Å². The predicted molar refractivity (Wildman–Crippen MR) is 45.8 cm³/mol. The first-order valence-electron chi connectivity index (χ1n) is 2.79. The van der Waals surface area contributed by atoms with Gasteiger partial charge in [0, 0.05) is 0 Å². The third-order valence-electron chi connectivity index (χ3n) is 0.983. The summed E-state index contributed by atoms with van der Waals surface area (Å²) in [6.45, 7) is 0. The maximum Gasteiger partial charge on any atom is 1.00 e. The molecule has 8 heteroatoms. The monoisotopic (exact) mass is 252 g/mol. The van der Waals surface area contributed by atoms with E-state index in [1.807, 2.05) is 0 Å². The van der Waals surface area contributed by atoms with Gasteiger partial charge < -0.3 is 39.0 Å². The first-order valence-corrected chi connectivity index (χ1v) is 3.61. The van der Waals surface area contributed by atoms with Crippen molar-refractivity contribution in [3.05, 3.63) is 9.81 Å². The Morgan fingerprint density at radius 3 is 1.36 bits per heavy atom. The molecule has 0 rings (SSSR count). The van der Waals surface area contributed by atoms with Crippen LogP contribution in [-0.4, -0.2) is 26.2 Å². The Balaban J connectivity index is -0.000000605. The Morgan fingerprint density at radius 1 is 0.929 bits per heavy atom. The van der Waals surface area contributed by atoms with E-state index in [-0.39, 0.29) is 63.4 Å². The molecule has 0 heterocycles. The molecule has 0 spiro atoms. The summed E-state index contributed by atoms with van der Waals surface area (Å²) in [7, 11) is 2.25. The molecule has 0 saturated heterocycles. The molecule has 0 aliphatic rings. The Bertz CT molecular complexity index is 220. The molecule has 0 aliphatic heterocycles. The second-order valence-corrected chi connectivity index (χ2v) is 2.72. The summed E-state index contributed by atoms with van der Waals surface area (Å²) >= 11 is 8.96. The molecular weight excluding hydrogens is 246 g/mol. The van der Waals surface area contributed by atoms with E-state index in [1.165, 1.54) is 0 Å². The number of carbonyl (C=O) groups is 2. The SMILES string of the molecule is COC(=O)C(C(=O)OC)=C([S-])[S-].[Na+].[Na+]. The van der Waals surface area contributed by atoms with Crippen LogP contribution >= 0.6 is 0 Å². The number of hydrogen-bond donors (Lipinski definition) is 0. The van der Waals surface area contributed by atoms with Gasteiger partial charge in [-0.15, -0.1) is 0 Å². The zero-order valence-electron chi connectivity index (χ0n) is 8.45. The molecule has 0 fully saturated rings. The van der Waals surface area contributed by atoms with E-state index in [2.05, 4.69) is 34.7 Å². The van der Waals surface area contributed by atoms with Gasteiger partial charge in [0.2, 0.25) is 0 Å². The van der Waals surface area contributed by atoms with Crippen molar-refractivity contribution in [1.29, 1.82) is 0 Å². The average molecular weight is 252 g/mol. The predicted octanol–water partition coefficient (Wildman–Crippen LogP) is -6.35. The molecule has 0 unspecified atom stereocenters. The fraction of sp³-hybridized carbons (Fsp3) is 0.333. The van der Waals surface area contributed by atoms with E-state index in [9.17, 15) is 9.59 Å². The van der Waals surface area contributed by atoms with Crippen LogP contribution in [0.15, 0.2) is 9.81 Å². The van der Waals surface area contributed by atoms with E-state index in [0.29, 0.717) is 0 Å². The number of methoxy groups -OCH3 is 2. The number of esters is 2. The topological polar surface area (TPSA) is 52.6 Å². The third kappa shape index (κ3) is 6.58. The van der Waals surface area contributed by atoms with Gasteiger partial charge in [-0.1, -0.05) is 0 Å². The molecule has 4 nitrogen and oxygen atoms in total. The van der Waals surface area contributed by atoms with E-state index in [1.54, 1.807) is 0 Å². The summed E-state index contributed by atoms with van der Waals surface area (Å²) < 4.78 is 8.28. The van der Waals surface area contributed by atoms with Crippen molar-refractivity contribution in [3.63, 3.8) is 0 Å². The van der Waals surface area contributed by atoms with Crippen LogP contribution in [0.3, 0.4) is 0 Å². The largest absolute Gasteiger partial charge is 1.00 e. The molecule has 0 aromatic rings. The molecule has 68 valence electrons. The molecule has 0 atom stereocenters. The van der Waals surface area contributed by atoms with Gasteiger partial charge in [0.15, 0.2) is 0 Å². The molecule has 0 N–H and O–H groups in total. The normalized spacial score (nSPS) is 7.29. The fourth-order valence-corrected chi connectivity index (χ4v) is 0.787. The van der Waals surface area contributed by atoms with Crippen molar-refractivity contribution in [1.82, 2.24) is 0 Å². The summed E-state index contributed by atoms with van der Waals surface area (Å²) in [5.74, 6) is -1.75. The van der Waals surface area contributed by atoms with Crippen LogP contribution in [-0.2, 0) is 44.3 Å². The van der Waals surface area contributed by atoms with Gasteiger partial charge in [0.1, 0.15) is 0 Å². The van der Waals surface area contributed by atoms with Crippen LogP contribution in [0.2, 0.25) is 0 Å². The molecule has 0 saturated carbocycles. The zero-order chi connectivity index (χ0) is 9.72. The molecule has 0 aromatic carbocycles. The zero-order valence-corrected chi connectivity index (χ0v) is 14.1. The maximum absolute atomic E-state index is 10.8. The molecule has 14 heavy (non-hydrogen) atoms. The van der Waals surface area contributed by atoms with E-state index in [0.717, 1.165) is 14.2 Å². The number of ether oxygens (including phenoxy) is 2. The molecule has 0 bridgehead atoms. The van der Waals surface area contributed by atoms with E-state index >= 15 is 0 Å². The van der Waals surface area contributed by atoms with Gasteiger partial charge in [-0.25, -0.2) is 9.59 Å². The van der Waals surface area contributed by atoms with Gasteiger partial charge in [0.25, 0.3) is 0 Å². The minimum absolute atomic E-state index is 0. The average Bonchev–Trinajstić information content (AvgIpc) is 2.03. The standard InChI is InChI=1S/C6H8O4S2.2Na/c1-9-4(7)3(6(11)12)5(8)10-2;;/h11-12H,1-2H3;;/q;2*+1/p-2. The minimum Gasteiger partial charge on any atom is -0.806 e. The third-order valence-corrected chi connectivity index (χ3v) is 1.39. The Labute approximate surface area is 138 Å². The second kappa shape index (κ2) is 10.6. The van der Waals surface area contributed by atoms with Crippen molar-refractivity contribution in [2.45, 2.75) is 0 Å². The molecule has 0 radical (unpaired) electrons. The van der Waals surface area contributed by atoms with Gasteiger partial charge in [-0.2, -0.15) is 0 Å². The molecule has 0 aromatic heterocycles. The molecular formula is C6H6Na2O4S2. The number of carbonyl (C=O) groups excluding carboxylic acids is 2. The van der Waals surface area contributed by atoms with Gasteiger partial charge in [-0.05, 0) is 0 Å². The first kappa shape index (κ1) is 20.5. The van der Waals surface area contributed by atoms with Crippen molar-refractivity contribution >= 4 is 37.2 Å². The molecule has 0 amide bonds. The van der Waals surface area contributed by atoms with Crippen LogP contribution in [0.5, 0.6) is 0 Å². The first-order chi connectivity index (χ1) is 5.54. The number of hydrogen-bond acceptors (Lipinski definition) is 6. The van der Waals surface area contributed by atoms with Gasteiger partial charge >= 0.3 is 71.1 Å². The smallest absolute Gasteiger partial charge is 0.806 e. The Hall–Kier alpha value is 1.12. The van der Waals surface area contributed by atoms with Crippen LogP contribution in [0, 0.1) is 0 Å². The summed E-state index contributed by atoms with van der Waals surface area (Å²) in [6.07, 6.45) is 0. The Morgan fingerprint density at radius 2 is 1.21 bits per heavy atom. The van der Waals surface area contributed by atoms with Crippen LogP contribution in [0.25, 0.3) is 0 Å². The van der Waals surface area contributed by atoms with E-state index in [4.69, 9.17) is 0 Å².